The number of nitrogens with two attached hydrogens (primary N) is 1. The molecule has 1 aromatic carbocycles. The number of imidazole rings is 1. The molecule has 0 bridgehead atoms. The van der Waals surface area contributed by atoms with Gasteiger partial charge in [-0.05, 0) is 18.6 Å². The van der Waals surface area contributed by atoms with Crippen LogP contribution in [0.5, 0.6) is 5.75 Å². The summed E-state index contributed by atoms with van der Waals surface area (Å²) in [6.45, 7) is -0.121. The Morgan fingerprint density at radius 1 is 1.37 bits per heavy atom. The van der Waals surface area contributed by atoms with Crippen LogP contribution >= 0.6 is 0 Å². The second kappa shape index (κ2) is 5.69. The highest BCUT2D eigenvalue weighted by molar-refractivity contribution is 5.75. The smallest absolute Gasteiger partial charge is 0.387 e. The van der Waals surface area contributed by atoms with Gasteiger partial charge in [-0.2, -0.15) is 8.78 Å². The Hall–Kier alpha value is -2.11. The van der Waals surface area contributed by atoms with Gasteiger partial charge in [-0.3, -0.25) is 0 Å². The van der Waals surface area contributed by atoms with Crippen molar-refractivity contribution in [3.63, 3.8) is 0 Å². The highest BCUT2D eigenvalue weighted by Gasteiger charge is 2.16. The highest BCUT2D eigenvalue weighted by Crippen LogP contribution is 2.33. The maximum absolute atomic E-state index is 12.4. The summed E-state index contributed by atoms with van der Waals surface area (Å²) in [4.78, 5) is 4.19. The molecule has 2 aromatic rings. The number of para-hydroxylation sites is 1. The van der Waals surface area contributed by atoms with Gasteiger partial charge in [0.25, 0.3) is 0 Å². The summed E-state index contributed by atoms with van der Waals surface area (Å²) in [7, 11) is 0. The number of alkyl halides is 2. The van der Waals surface area contributed by atoms with Gasteiger partial charge in [0.2, 0.25) is 0 Å². The summed E-state index contributed by atoms with van der Waals surface area (Å²) < 4.78 is 31.0. The van der Waals surface area contributed by atoms with Crippen molar-refractivity contribution in [3.8, 4) is 17.0 Å². The number of hydrogen-bond acceptors (Lipinski definition) is 3. The molecular weight excluding hydrogens is 252 g/mol. The van der Waals surface area contributed by atoms with Crippen molar-refractivity contribution in [1.82, 2.24) is 9.55 Å². The Morgan fingerprint density at radius 2 is 2.11 bits per heavy atom. The fourth-order valence-electron chi connectivity index (χ4n) is 1.88. The zero-order valence-corrected chi connectivity index (χ0v) is 10.5. The minimum absolute atomic E-state index is 0.0750. The first-order chi connectivity index (χ1) is 9.13. The molecule has 0 amide bonds. The SMILES string of the molecule is CCCn1cnc(-c2ccccc2OC(F)F)c1N. The monoisotopic (exact) mass is 267 g/mol. The molecular formula is C13H15F2N3O. The lowest BCUT2D eigenvalue weighted by atomic mass is 10.1. The number of benzene rings is 1. The molecule has 1 aromatic heterocycles. The summed E-state index contributed by atoms with van der Waals surface area (Å²) in [5.41, 5.74) is 6.91. The molecule has 0 aliphatic heterocycles. The van der Waals surface area contributed by atoms with Gasteiger partial charge in [-0.15, -0.1) is 0 Å². The molecule has 2 rings (SSSR count). The van der Waals surface area contributed by atoms with E-state index in [1.165, 1.54) is 6.07 Å². The first-order valence-corrected chi connectivity index (χ1v) is 5.98. The minimum atomic E-state index is -2.87. The van der Waals surface area contributed by atoms with Gasteiger partial charge in [0.15, 0.2) is 0 Å². The van der Waals surface area contributed by atoms with Crippen LogP contribution in [0.3, 0.4) is 0 Å². The summed E-state index contributed by atoms with van der Waals surface area (Å²) in [5.74, 6) is 0.526. The largest absolute Gasteiger partial charge is 0.434 e. The van der Waals surface area contributed by atoms with Crippen molar-refractivity contribution in [2.45, 2.75) is 26.5 Å². The average Bonchev–Trinajstić information content (AvgIpc) is 2.72. The Bertz CT molecular complexity index is 555. The molecule has 0 radical (unpaired) electrons. The van der Waals surface area contributed by atoms with Crippen LogP contribution in [0, 0.1) is 0 Å². The second-order valence-corrected chi connectivity index (χ2v) is 4.05. The summed E-state index contributed by atoms with van der Waals surface area (Å²) in [6, 6.07) is 6.48. The number of hydrogen-bond donors (Lipinski definition) is 1. The molecule has 0 aliphatic rings. The van der Waals surface area contributed by atoms with Gasteiger partial charge in [0.1, 0.15) is 17.3 Å². The lowest BCUT2D eigenvalue weighted by Gasteiger charge is -2.10. The molecule has 1 heterocycles. The third-order valence-electron chi connectivity index (χ3n) is 2.70. The predicted molar refractivity (Wildman–Crippen MR) is 69.0 cm³/mol. The Balaban J connectivity index is 2.41. The highest BCUT2D eigenvalue weighted by atomic mass is 19.3. The second-order valence-electron chi connectivity index (χ2n) is 4.05. The third kappa shape index (κ3) is 2.83. The number of halogens is 2. The predicted octanol–water partition coefficient (Wildman–Crippen LogP) is 3.14. The molecule has 0 saturated carbocycles. The first-order valence-electron chi connectivity index (χ1n) is 5.98. The van der Waals surface area contributed by atoms with E-state index in [-0.39, 0.29) is 5.75 Å². The van der Waals surface area contributed by atoms with E-state index in [1.807, 2.05) is 6.92 Å². The van der Waals surface area contributed by atoms with Crippen LogP contribution in [-0.2, 0) is 6.54 Å². The zero-order chi connectivity index (χ0) is 13.8. The van der Waals surface area contributed by atoms with E-state index >= 15 is 0 Å². The van der Waals surface area contributed by atoms with E-state index in [4.69, 9.17) is 5.73 Å². The van der Waals surface area contributed by atoms with Gasteiger partial charge in [0, 0.05) is 12.1 Å². The number of ether oxygens (including phenoxy) is 1. The Morgan fingerprint density at radius 3 is 2.79 bits per heavy atom. The van der Waals surface area contributed by atoms with Crippen LogP contribution in [0.25, 0.3) is 11.3 Å². The Labute approximate surface area is 109 Å². The molecule has 4 nitrogen and oxygen atoms in total. The van der Waals surface area contributed by atoms with Gasteiger partial charge in [-0.1, -0.05) is 19.1 Å². The molecule has 19 heavy (non-hydrogen) atoms. The third-order valence-corrected chi connectivity index (χ3v) is 2.70. The number of anilines is 1. The quantitative estimate of drug-likeness (QED) is 0.905. The van der Waals surface area contributed by atoms with Crippen LogP contribution in [0.15, 0.2) is 30.6 Å². The van der Waals surface area contributed by atoms with E-state index in [9.17, 15) is 8.78 Å². The molecule has 0 saturated heterocycles. The van der Waals surface area contributed by atoms with Crippen molar-refractivity contribution in [1.29, 1.82) is 0 Å². The molecule has 102 valence electrons. The number of nitrogen functional groups attached to an aromatic ring is 1. The number of rotatable bonds is 5. The maximum Gasteiger partial charge on any atom is 0.387 e. The molecule has 0 fully saturated rings. The van der Waals surface area contributed by atoms with E-state index in [1.54, 1.807) is 29.1 Å². The van der Waals surface area contributed by atoms with Crippen molar-refractivity contribution in [2.24, 2.45) is 0 Å². The average molecular weight is 267 g/mol. The first kappa shape index (κ1) is 13.3. The molecule has 2 N–H and O–H groups in total. The van der Waals surface area contributed by atoms with E-state index in [2.05, 4.69) is 9.72 Å². The van der Waals surface area contributed by atoms with Gasteiger partial charge < -0.3 is 15.0 Å². The van der Waals surface area contributed by atoms with Crippen molar-refractivity contribution < 1.29 is 13.5 Å². The number of aromatic nitrogens is 2. The van der Waals surface area contributed by atoms with E-state index < -0.39 is 6.61 Å². The normalized spacial score (nSPS) is 10.9. The summed E-state index contributed by atoms with van der Waals surface area (Å²) in [5, 5.41) is 0. The topological polar surface area (TPSA) is 53.1 Å². The fraction of sp³-hybridized carbons (Fsp3) is 0.308. The lowest BCUT2D eigenvalue weighted by molar-refractivity contribution is -0.0494. The molecule has 0 atom stereocenters. The summed E-state index contributed by atoms with van der Waals surface area (Å²) in [6.07, 6.45) is 2.52. The van der Waals surface area contributed by atoms with Crippen LogP contribution in [-0.4, -0.2) is 16.2 Å². The van der Waals surface area contributed by atoms with Crippen molar-refractivity contribution in [3.05, 3.63) is 30.6 Å². The molecule has 0 spiro atoms. The van der Waals surface area contributed by atoms with Gasteiger partial charge >= 0.3 is 6.61 Å². The van der Waals surface area contributed by atoms with Crippen LogP contribution in [0.4, 0.5) is 14.6 Å². The van der Waals surface area contributed by atoms with E-state index in [0.717, 1.165) is 13.0 Å². The van der Waals surface area contributed by atoms with Crippen LogP contribution in [0.1, 0.15) is 13.3 Å². The maximum atomic E-state index is 12.4. The van der Waals surface area contributed by atoms with Crippen LogP contribution < -0.4 is 10.5 Å². The minimum Gasteiger partial charge on any atom is -0.434 e. The summed E-state index contributed by atoms with van der Waals surface area (Å²) >= 11 is 0. The van der Waals surface area contributed by atoms with Gasteiger partial charge in [0.05, 0.1) is 6.33 Å². The lowest BCUT2D eigenvalue weighted by Crippen LogP contribution is -2.04. The number of aryl methyl sites for hydroxylation is 1. The fourth-order valence-corrected chi connectivity index (χ4v) is 1.88. The standard InChI is InChI=1S/C13H15F2N3O/c1-2-7-18-8-17-11(12(18)16)9-5-3-4-6-10(9)19-13(14)15/h3-6,8,13H,2,7,16H2,1H3. The van der Waals surface area contributed by atoms with Gasteiger partial charge in [-0.25, -0.2) is 4.98 Å². The van der Waals surface area contributed by atoms with E-state index in [0.29, 0.717) is 17.1 Å². The molecule has 6 heteroatoms. The van der Waals surface area contributed by atoms with Crippen molar-refractivity contribution >= 4 is 5.82 Å². The number of nitrogens with zero attached hydrogens (tertiary/aromatic N) is 2. The Kier molecular flexibility index (Phi) is 3.99. The zero-order valence-electron chi connectivity index (χ0n) is 10.5. The molecule has 0 unspecified atom stereocenters. The molecule has 0 aliphatic carbocycles. The van der Waals surface area contributed by atoms with Crippen LogP contribution in [0.2, 0.25) is 0 Å². The van der Waals surface area contributed by atoms with Crippen molar-refractivity contribution in [2.75, 3.05) is 5.73 Å².